The zero-order chi connectivity index (χ0) is 14.1. The maximum absolute atomic E-state index is 11.5. The Kier molecular flexibility index (Phi) is 6.36. The van der Waals surface area contributed by atoms with Crippen molar-refractivity contribution in [3.8, 4) is 0 Å². The fourth-order valence-electron chi connectivity index (χ4n) is 1.70. The lowest BCUT2D eigenvalue weighted by molar-refractivity contribution is -0.132. The number of hydrogen-bond acceptors (Lipinski definition) is 2. The van der Waals surface area contributed by atoms with E-state index < -0.39 is 5.97 Å². The monoisotopic (exact) mass is 261 g/mol. The van der Waals surface area contributed by atoms with Crippen LogP contribution in [0.15, 0.2) is 42.5 Å². The number of carbonyl (C=O) groups is 2. The lowest BCUT2D eigenvalue weighted by Crippen LogP contribution is -2.26. The van der Waals surface area contributed by atoms with Gasteiger partial charge in [0.05, 0.1) is 0 Å². The van der Waals surface area contributed by atoms with Crippen LogP contribution in [-0.4, -0.2) is 35.5 Å². The van der Waals surface area contributed by atoms with E-state index in [9.17, 15) is 9.59 Å². The fourth-order valence-corrected chi connectivity index (χ4v) is 1.70. The molecule has 0 unspecified atom stereocenters. The minimum absolute atomic E-state index is 0.276. The van der Waals surface area contributed by atoms with E-state index >= 15 is 0 Å². The van der Waals surface area contributed by atoms with Crippen LogP contribution < -0.4 is 0 Å². The van der Waals surface area contributed by atoms with E-state index in [1.165, 1.54) is 10.5 Å². The third kappa shape index (κ3) is 6.41. The molecule has 0 aliphatic carbocycles. The molecule has 0 saturated heterocycles. The van der Waals surface area contributed by atoms with E-state index in [1.807, 2.05) is 18.2 Å². The molecule has 0 aliphatic rings. The Morgan fingerprint density at radius 1 is 1.16 bits per heavy atom. The van der Waals surface area contributed by atoms with E-state index in [4.69, 9.17) is 5.11 Å². The number of likely N-dealkylation sites (N-methyl/N-ethyl adjacent to an activating group) is 1. The molecule has 4 heteroatoms. The van der Waals surface area contributed by atoms with E-state index in [0.29, 0.717) is 6.54 Å². The molecule has 0 spiro atoms. The Morgan fingerprint density at radius 3 is 2.47 bits per heavy atom. The van der Waals surface area contributed by atoms with Crippen molar-refractivity contribution in [2.24, 2.45) is 0 Å². The molecule has 0 heterocycles. The van der Waals surface area contributed by atoms with E-state index in [0.717, 1.165) is 31.4 Å². The summed E-state index contributed by atoms with van der Waals surface area (Å²) in [4.78, 5) is 23.3. The highest BCUT2D eigenvalue weighted by molar-refractivity contribution is 5.93. The molecule has 0 aliphatic heterocycles. The maximum atomic E-state index is 11.5. The van der Waals surface area contributed by atoms with E-state index in [2.05, 4.69) is 12.1 Å². The van der Waals surface area contributed by atoms with Crippen molar-refractivity contribution in [2.75, 3.05) is 13.6 Å². The number of carboxylic acids is 1. The average Bonchev–Trinajstić information content (AvgIpc) is 2.41. The lowest BCUT2D eigenvalue weighted by Gasteiger charge is -2.14. The Balaban J connectivity index is 2.22. The molecule has 0 saturated carbocycles. The molecule has 4 nitrogen and oxygen atoms in total. The van der Waals surface area contributed by atoms with Crippen LogP contribution in [0.4, 0.5) is 0 Å². The normalized spacial score (nSPS) is 10.6. The number of amides is 1. The summed E-state index contributed by atoms with van der Waals surface area (Å²) < 4.78 is 0. The summed E-state index contributed by atoms with van der Waals surface area (Å²) in [5.74, 6) is -1.38. The quantitative estimate of drug-likeness (QED) is 0.604. The third-order valence-electron chi connectivity index (χ3n) is 2.80. The van der Waals surface area contributed by atoms with E-state index in [1.54, 1.807) is 7.05 Å². The molecule has 1 amide bonds. The van der Waals surface area contributed by atoms with Crippen LogP contribution >= 0.6 is 0 Å². The molecule has 1 rings (SSSR count). The Hall–Kier alpha value is -2.10. The predicted molar refractivity (Wildman–Crippen MR) is 73.8 cm³/mol. The van der Waals surface area contributed by atoms with Crippen molar-refractivity contribution in [2.45, 2.75) is 19.3 Å². The largest absolute Gasteiger partial charge is 0.478 e. The second kappa shape index (κ2) is 8.08. The van der Waals surface area contributed by atoms with E-state index in [-0.39, 0.29) is 5.91 Å². The second-order valence-corrected chi connectivity index (χ2v) is 4.37. The van der Waals surface area contributed by atoms with Gasteiger partial charge >= 0.3 is 5.97 Å². The molecule has 0 fully saturated rings. The zero-order valence-corrected chi connectivity index (χ0v) is 11.1. The van der Waals surface area contributed by atoms with Crippen LogP contribution in [0.1, 0.15) is 18.4 Å². The standard InChI is InChI=1S/C15H19NO3/c1-16(14(17)10-11-15(18)19)12-6-5-9-13-7-3-2-4-8-13/h2-4,7-8,10-11H,5-6,9,12H2,1H3,(H,18,19)/b11-10+. The van der Waals surface area contributed by atoms with Crippen LogP contribution in [0.25, 0.3) is 0 Å². The van der Waals surface area contributed by atoms with Gasteiger partial charge in [-0.15, -0.1) is 0 Å². The summed E-state index contributed by atoms with van der Waals surface area (Å²) in [6.45, 7) is 0.635. The number of carboxylic acid groups (broad SMARTS) is 1. The van der Waals surface area contributed by atoms with Gasteiger partial charge in [0.2, 0.25) is 5.91 Å². The average molecular weight is 261 g/mol. The first-order valence-corrected chi connectivity index (χ1v) is 6.29. The van der Waals surface area contributed by atoms with Gasteiger partial charge in [0.15, 0.2) is 0 Å². The van der Waals surface area contributed by atoms with Crippen molar-refractivity contribution in [3.05, 3.63) is 48.0 Å². The first-order chi connectivity index (χ1) is 9.09. The highest BCUT2D eigenvalue weighted by Gasteiger charge is 2.04. The molecule has 102 valence electrons. The highest BCUT2D eigenvalue weighted by Crippen LogP contribution is 2.05. The van der Waals surface area contributed by atoms with Gasteiger partial charge in [-0.05, 0) is 24.8 Å². The molecule has 1 aromatic carbocycles. The van der Waals surface area contributed by atoms with Gasteiger partial charge < -0.3 is 10.0 Å². The Morgan fingerprint density at radius 2 is 1.84 bits per heavy atom. The first-order valence-electron chi connectivity index (χ1n) is 6.29. The molecular weight excluding hydrogens is 242 g/mol. The lowest BCUT2D eigenvalue weighted by atomic mass is 10.1. The predicted octanol–water partition coefficient (Wildman–Crippen LogP) is 2.11. The summed E-state index contributed by atoms with van der Waals surface area (Å²) >= 11 is 0. The topological polar surface area (TPSA) is 57.6 Å². The third-order valence-corrected chi connectivity index (χ3v) is 2.80. The number of nitrogens with zero attached hydrogens (tertiary/aromatic N) is 1. The van der Waals surface area contributed by atoms with Gasteiger partial charge in [-0.1, -0.05) is 30.3 Å². The smallest absolute Gasteiger partial charge is 0.328 e. The van der Waals surface area contributed by atoms with Crippen molar-refractivity contribution in [1.29, 1.82) is 0 Å². The van der Waals surface area contributed by atoms with Crippen molar-refractivity contribution in [1.82, 2.24) is 4.90 Å². The minimum atomic E-state index is -1.11. The zero-order valence-electron chi connectivity index (χ0n) is 11.1. The molecule has 0 bridgehead atoms. The Labute approximate surface area is 113 Å². The van der Waals surface area contributed by atoms with Gasteiger partial charge in [0.25, 0.3) is 0 Å². The summed E-state index contributed by atoms with van der Waals surface area (Å²) in [6.07, 6.45) is 4.85. The van der Waals surface area contributed by atoms with Gasteiger partial charge in [-0.25, -0.2) is 4.79 Å². The van der Waals surface area contributed by atoms with Gasteiger partial charge in [-0.3, -0.25) is 4.79 Å². The summed E-state index contributed by atoms with van der Waals surface area (Å²) in [6, 6.07) is 10.2. The van der Waals surface area contributed by atoms with Gasteiger partial charge in [0.1, 0.15) is 0 Å². The minimum Gasteiger partial charge on any atom is -0.478 e. The summed E-state index contributed by atoms with van der Waals surface area (Å²) in [5, 5.41) is 8.43. The number of aliphatic carboxylic acids is 1. The van der Waals surface area contributed by atoms with Crippen molar-refractivity contribution < 1.29 is 14.7 Å². The number of rotatable bonds is 7. The second-order valence-electron chi connectivity index (χ2n) is 4.37. The molecule has 0 aromatic heterocycles. The number of hydrogen-bond donors (Lipinski definition) is 1. The molecule has 0 radical (unpaired) electrons. The van der Waals surface area contributed by atoms with Crippen LogP contribution in [0.3, 0.4) is 0 Å². The number of unbranched alkanes of at least 4 members (excludes halogenated alkanes) is 1. The summed E-state index contributed by atoms with van der Waals surface area (Å²) in [7, 11) is 1.68. The number of aryl methyl sites for hydroxylation is 1. The molecular formula is C15H19NO3. The van der Waals surface area contributed by atoms with Gasteiger partial charge in [-0.2, -0.15) is 0 Å². The van der Waals surface area contributed by atoms with Crippen LogP contribution in [-0.2, 0) is 16.0 Å². The number of benzene rings is 1. The number of carbonyl (C=O) groups excluding carboxylic acids is 1. The van der Waals surface area contributed by atoms with Crippen LogP contribution in [0.2, 0.25) is 0 Å². The van der Waals surface area contributed by atoms with Gasteiger partial charge in [0, 0.05) is 25.7 Å². The van der Waals surface area contributed by atoms with Crippen LogP contribution in [0.5, 0.6) is 0 Å². The van der Waals surface area contributed by atoms with Crippen molar-refractivity contribution in [3.63, 3.8) is 0 Å². The molecule has 0 atom stereocenters. The fraction of sp³-hybridized carbons (Fsp3) is 0.333. The van der Waals surface area contributed by atoms with Crippen LogP contribution in [0, 0.1) is 0 Å². The molecule has 1 aromatic rings. The first kappa shape index (κ1) is 15.0. The summed E-state index contributed by atoms with van der Waals surface area (Å²) in [5.41, 5.74) is 1.29. The highest BCUT2D eigenvalue weighted by atomic mass is 16.4. The van der Waals surface area contributed by atoms with Crippen molar-refractivity contribution >= 4 is 11.9 Å². The Bertz CT molecular complexity index is 440. The molecule has 1 N–H and O–H groups in total. The molecule has 19 heavy (non-hydrogen) atoms. The SMILES string of the molecule is CN(CCCCc1ccccc1)C(=O)/C=C/C(=O)O. The maximum Gasteiger partial charge on any atom is 0.328 e.